The monoisotopic (exact) mass is 296 g/mol. The first-order chi connectivity index (χ1) is 9.99. The number of amides is 1. The van der Waals surface area contributed by atoms with Gasteiger partial charge in [-0.25, -0.2) is 0 Å². The molecule has 0 bridgehead atoms. The van der Waals surface area contributed by atoms with E-state index in [4.69, 9.17) is 5.11 Å². The quantitative estimate of drug-likeness (QED) is 0.838. The Bertz CT molecular complexity index is 372. The standard InChI is InChI=1S/C16H28N2O3/c1-12(13(2)16(20)21)15(19)18-9-5-14(6-10-18)11-17-7-3-4-8-17/h12-14H,3-11H2,1-2H3,(H,20,21). The Labute approximate surface area is 127 Å². The number of nitrogens with zero attached hydrogens (tertiary/aromatic N) is 2. The molecule has 0 aromatic rings. The van der Waals surface area contributed by atoms with Gasteiger partial charge in [0.05, 0.1) is 5.92 Å². The summed E-state index contributed by atoms with van der Waals surface area (Å²) in [6.45, 7) is 8.55. The molecule has 5 heteroatoms. The van der Waals surface area contributed by atoms with Crippen LogP contribution >= 0.6 is 0 Å². The molecular formula is C16H28N2O3. The molecule has 0 aliphatic carbocycles. The minimum absolute atomic E-state index is 0.00419. The van der Waals surface area contributed by atoms with E-state index in [9.17, 15) is 9.59 Å². The number of carboxylic acid groups (broad SMARTS) is 1. The fraction of sp³-hybridized carbons (Fsp3) is 0.875. The Kier molecular flexibility index (Phi) is 5.62. The van der Waals surface area contributed by atoms with Gasteiger partial charge in [0.25, 0.3) is 0 Å². The molecule has 2 aliphatic rings. The average Bonchev–Trinajstić information content (AvgIpc) is 2.98. The third-order valence-corrected chi connectivity index (χ3v) is 5.17. The molecule has 5 nitrogen and oxygen atoms in total. The van der Waals surface area contributed by atoms with Crippen molar-refractivity contribution in [1.29, 1.82) is 0 Å². The molecule has 0 spiro atoms. The summed E-state index contributed by atoms with van der Waals surface area (Å²) >= 11 is 0. The smallest absolute Gasteiger partial charge is 0.307 e. The highest BCUT2D eigenvalue weighted by Gasteiger charge is 2.32. The molecule has 0 aromatic heterocycles. The zero-order chi connectivity index (χ0) is 15.4. The zero-order valence-corrected chi connectivity index (χ0v) is 13.3. The molecule has 2 atom stereocenters. The number of carboxylic acids is 1. The summed E-state index contributed by atoms with van der Waals surface area (Å²) in [4.78, 5) is 27.7. The molecule has 2 aliphatic heterocycles. The highest BCUT2D eigenvalue weighted by molar-refractivity contribution is 5.84. The van der Waals surface area contributed by atoms with Gasteiger partial charge in [-0.2, -0.15) is 0 Å². The molecule has 1 N–H and O–H groups in total. The van der Waals surface area contributed by atoms with Gasteiger partial charge in [0.15, 0.2) is 0 Å². The maximum Gasteiger partial charge on any atom is 0.307 e. The molecular weight excluding hydrogens is 268 g/mol. The lowest BCUT2D eigenvalue weighted by Crippen LogP contribution is -2.45. The minimum atomic E-state index is -0.889. The minimum Gasteiger partial charge on any atom is -0.481 e. The van der Waals surface area contributed by atoms with Crippen molar-refractivity contribution >= 4 is 11.9 Å². The van der Waals surface area contributed by atoms with Gasteiger partial charge in [-0.1, -0.05) is 13.8 Å². The lowest BCUT2D eigenvalue weighted by molar-refractivity contribution is -0.149. The van der Waals surface area contributed by atoms with E-state index >= 15 is 0 Å². The van der Waals surface area contributed by atoms with E-state index in [0.717, 1.165) is 25.9 Å². The normalized spacial score (nSPS) is 24.0. The van der Waals surface area contributed by atoms with Crippen LogP contribution in [0.1, 0.15) is 39.5 Å². The first-order valence-electron chi connectivity index (χ1n) is 8.23. The lowest BCUT2D eigenvalue weighted by atomic mass is 9.91. The molecule has 120 valence electrons. The van der Waals surface area contributed by atoms with Crippen LogP contribution in [0.25, 0.3) is 0 Å². The summed E-state index contributed by atoms with van der Waals surface area (Å²) in [6, 6.07) is 0. The second kappa shape index (κ2) is 7.25. The maximum absolute atomic E-state index is 12.3. The van der Waals surface area contributed by atoms with Gasteiger partial charge in [0, 0.05) is 25.6 Å². The number of piperidine rings is 1. The summed E-state index contributed by atoms with van der Waals surface area (Å²) in [5, 5.41) is 9.02. The molecule has 2 fully saturated rings. The Morgan fingerprint density at radius 3 is 2.14 bits per heavy atom. The summed E-state index contributed by atoms with van der Waals surface area (Å²) in [7, 11) is 0. The Balaban J connectivity index is 1.77. The number of hydrogen-bond donors (Lipinski definition) is 1. The maximum atomic E-state index is 12.3. The molecule has 0 saturated carbocycles. The largest absolute Gasteiger partial charge is 0.481 e. The molecule has 2 unspecified atom stereocenters. The highest BCUT2D eigenvalue weighted by Crippen LogP contribution is 2.23. The van der Waals surface area contributed by atoms with Gasteiger partial charge in [0.1, 0.15) is 0 Å². The Morgan fingerprint density at radius 1 is 1.05 bits per heavy atom. The van der Waals surface area contributed by atoms with Crippen LogP contribution in [-0.4, -0.2) is 59.5 Å². The van der Waals surface area contributed by atoms with E-state index in [1.165, 1.54) is 32.5 Å². The number of carbonyl (C=O) groups excluding carboxylic acids is 1. The molecule has 21 heavy (non-hydrogen) atoms. The lowest BCUT2D eigenvalue weighted by Gasteiger charge is -2.35. The predicted molar refractivity (Wildman–Crippen MR) is 80.9 cm³/mol. The first kappa shape index (κ1) is 16.3. The zero-order valence-electron chi connectivity index (χ0n) is 13.3. The van der Waals surface area contributed by atoms with E-state index in [2.05, 4.69) is 4.90 Å². The van der Waals surface area contributed by atoms with Crippen LogP contribution in [0.2, 0.25) is 0 Å². The van der Waals surface area contributed by atoms with E-state index in [-0.39, 0.29) is 5.91 Å². The molecule has 0 aromatic carbocycles. The van der Waals surface area contributed by atoms with Crippen LogP contribution in [0.3, 0.4) is 0 Å². The molecule has 2 rings (SSSR count). The third kappa shape index (κ3) is 4.19. The summed E-state index contributed by atoms with van der Waals surface area (Å²) < 4.78 is 0. The van der Waals surface area contributed by atoms with E-state index in [0.29, 0.717) is 5.92 Å². The van der Waals surface area contributed by atoms with Gasteiger partial charge < -0.3 is 14.9 Å². The van der Waals surface area contributed by atoms with Crippen LogP contribution < -0.4 is 0 Å². The van der Waals surface area contributed by atoms with Crippen LogP contribution in [0.4, 0.5) is 0 Å². The third-order valence-electron chi connectivity index (χ3n) is 5.17. The van der Waals surface area contributed by atoms with Crippen molar-refractivity contribution in [2.24, 2.45) is 17.8 Å². The number of rotatable bonds is 5. The predicted octanol–water partition coefficient (Wildman–Crippen LogP) is 1.68. The molecule has 0 radical (unpaired) electrons. The molecule has 2 heterocycles. The summed E-state index contributed by atoms with van der Waals surface area (Å²) in [5.74, 6) is -1.24. The summed E-state index contributed by atoms with van der Waals surface area (Å²) in [5.41, 5.74) is 0. The van der Waals surface area contributed by atoms with E-state index in [1.54, 1.807) is 13.8 Å². The van der Waals surface area contributed by atoms with Gasteiger partial charge in [0.2, 0.25) is 5.91 Å². The second-order valence-corrected chi connectivity index (χ2v) is 6.69. The number of carbonyl (C=O) groups is 2. The van der Waals surface area contributed by atoms with Crippen molar-refractivity contribution in [3.8, 4) is 0 Å². The van der Waals surface area contributed by atoms with Crippen molar-refractivity contribution in [3.63, 3.8) is 0 Å². The topological polar surface area (TPSA) is 60.9 Å². The van der Waals surface area contributed by atoms with Gasteiger partial charge in [-0.05, 0) is 44.7 Å². The first-order valence-corrected chi connectivity index (χ1v) is 8.23. The number of likely N-dealkylation sites (tertiary alicyclic amines) is 2. The SMILES string of the molecule is CC(C(=O)O)C(C)C(=O)N1CCC(CN2CCCC2)CC1. The van der Waals surface area contributed by atoms with E-state index < -0.39 is 17.8 Å². The number of aliphatic carboxylic acids is 1. The van der Waals surface area contributed by atoms with Gasteiger partial charge in [-0.15, -0.1) is 0 Å². The van der Waals surface area contributed by atoms with Gasteiger partial charge >= 0.3 is 5.97 Å². The molecule has 1 amide bonds. The fourth-order valence-corrected chi connectivity index (χ4v) is 3.38. The van der Waals surface area contributed by atoms with Crippen molar-refractivity contribution in [1.82, 2.24) is 9.80 Å². The van der Waals surface area contributed by atoms with Crippen LogP contribution in [-0.2, 0) is 9.59 Å². The Hall–Kier alpha value is -1.10. The molecule has 2 saturated heterocycles. The van der Waals surface area contributed by atoms with E-state index in [1.807, 2.05) is 4.90 Å². The van der Waals surface area contributed by atoms with Crippen LogP contribution in [0, 0.1) is 17.8 Å². The summed E-state index contributed by atoms with van der Waals surface area (Å²) in [6.07, 6.45) is 4.75. The van der Waals surface area contributed by atoms with Crippen molar-refractivity contribution in [3.05, 3.63) is 0 Å². The Morgan fingerprint density at radius 2 is 1.62 bits per heavy atom. The van der Waals surface area contributed by atoms with Gasteiger partial charge in [-0.3, -0.25) is 9.59 Å². The highest BCUT2D eigenvalue weighted by atomic mass is 16.4. The van der Waals surface area contributed by atoms with Crippen LogP contribution in [0.15, 0.2) is 0 Å². The van der Waals surface area contributed by atoms with Crippen molar-refractivity contribution in [2.75, 3.05) is 32.7 Å². The number of hydrogen-bond acceptors (Lipinski definition) is 3. The average molecular weight is 296 g/mol. The van der Waals surface area contributed by atoms with Crippen molar-refractivity contribution in [2.45, 2.75) is 39.5 Å². The second-order valence-electron chi connectivity index (χ2n) is 6.69. The fourth-order valence-electron chi connectivity index (χ4n) is 3.38. The van der Waals surface area contributed by atoms with Crippen molar-refractivity contribution < 1.29 is 14.7 Å². The van der Waals surface area contributed by atoms with Crippen LogP contribution in [0.5, 0.6) is 0 Å².